The third kappa shape index (κ3) is 1.70. The van der Waals surface area contributed by atoms with Gasteiger partial charge in [0.1, 0.15) is 0 Å². The minimum atomic E-state index is 0.453. The second-order valence-corrected chi connectivity index (χ2v) is 11.2. The van der Waals surface area contributed by atoms with Crippen molar-refractivity contribution in [1.29, 1.82) is 0 Å². The minimum Gasteiger partial charge on any atom is -0.316 e. The van der Waals surface area contributed by atoms with Crippen molar-refractivity contribution >= 4 is 0 Å². The largest absolute Gasteiger partial charge is 0.316 e. The zero-order chi connectivity index (χ0) is 17.1. The highest BCUT2D eigenvalue weighted by molar-refractivity contribution is 5.26. The number of piperidine rings is 5. The van der Waals surface area contributed by atoms with Crippen LogP contribution in [0.5, 0.6) is 0 Å². The molecule has 0 amide bonds. The number of fused-ring (bicyclic) bond motifs is 1. The molecular weight excluding hydrogens is 308 g/mol. The maximum absolute atomic E-state index is 3.99. The van der Waals surface area contributed by atoms with Crippen molar-refractivity contribution in [3.8, 4) is 0 Å². The number of hydrogen-bond acceptors (Lipinski definition) is 4. The van der Waals surface area contributed by atoms with Gasteiger partial charge in [-0.25, -0.2) is 0 Å². The highest BCUT2D eigenvalue weighted by Gasteiger charge is 2.71. The first kappa shape index (κ1) is 15.9. The number of nitrogens with one attached hydrogen (secondary N) is 3. The van der Waals surface area contributed by atoms with Crippen molar-refractivity contribution in [2.75, 3.05) is 26.2 Å². The van der Waals surface area contributed by atoms with Crippen molar-refractivity contribution in [3.63, 3.8) is 0 Å². The molecule has 6 saturated heterocycles. The molecule has 0 saturated carbocycles. The summed E-state index contributed by atoms with van der Waals surface area (Å²) in [5.41, 5.74) is 0.905. The molecule has 0 aromatic rings. The smallest absolute Gasteiger partial charge is 0.0396 e. The van der Waals surface area contributed by atoms with Crippen LogP contribution >= 0.6 is 0 Å². The summed E-state index contributed by atoms with van der Waals surface area (Å²) < 4.78 is 0. The molecule has 4 nitrogen and oxygen atoms in total. The Balaban J connectivity index is 1.56. The Labute approximate surface area is 152 Å². The predicted octanol–water partition coefficient (Wildman–Crippen LogP) is 1.28. The maximum Gasteiger partial charge on any atom is 0.0396 e. The molecule has 4 heteroatoms. The molecule has 0 aromatic carbocycles. The van der Waals surface area contributed by atoms with Crippen LogP contribution in [0.25, 0.3) is 0 Å². The van der Waals surface area contributed by atoms with Crippen LogP contribution in [-0.4, -0.2) is 61.3 Å². The summed E-state index contributed by atoms with van der Waals surface area (Å²) in [5.74, 6) is 3.34. The number of nitrogens with zero attached hydrogens (tertiary/aromatic N) is 1. The first-order valence-corrected chi connectivity index (χ1v) is 10.9. The molecule has 25 heavy (non-hydrogen) atoms. The third-order valence-electron chi connectivity index (χ3n) is 10.0. The van der Waals surface area contributed by atoms with Gasteiger partial charge in [0.25, 0.3) is 0 Å². The molecule has 6 rings (SSSR count). The monoisotopic (exact) mass is 344 g/mol. The topological polar surface area (TPSA) is 39.3 Å². The number of hydrogen-bond donors (Lipinski definition) is 3. The summed E-state index contributed by atoms with van der Waals surface area (Å²) in [6.45, 7) is 15.4. The van der Waals surface area contributed by atoms with Crippen molar-refractivity contribution < 1.29 is 0 Å². The molecule has 6 heterocycles. The summed E-state index contributed by atoms with van der Waals surface area (Å²) >= 11 is 0. The van der Waals surface area contributed by atoms with Gasteiger partial charge >= 0.3 is 0 Å². The van der Waals surface area contributed by atoms with E-state index < -0.39 is 0 Å². The molecule has 0 radical (unpaired) electrons. The van der Waals surface area contributed by atoms with Gasteiger partial charge in [-0.2, -0.15) is 0 Å². The molecule has 0 bridgehead atoms. The Morgan fingerprint density at radius 1 is 0.680 bits per heavy atom. The van der Waals surface area contributed by atoms with Crippen LogP contribution in [0.3, 0.4) is 0 Å². The van der Waals surface area contributed by atoms with Gasteiger partial charge < -0.3 is 16.0 Å². The lowest BCUT2D eigenvalue weighted by Crippen LogP contribution is -2.77. The first-order chi connectivity index (χ1) is 11.9. The molecule has 0 spiro atoms. The molecule has 0 aromatic heterocycles. The van der Waals surface area contributed by atoms with E-state index in [0.717, 1.165) is 41.8 Å². The van der Waals surface area contributed by atoms with E-state index in [4.69, 9.17) is 0 Å². The average Bonchev–Trinajstić information content (AvgIpc) is 2.94. The summed E-state index contributed by atoms with van der Waals surface area (Å²) in [4.78, 5) is 3.12. The molecular formula is C21H36N4. The maximum atomic E-state index is 3.99. The molecule has 6 fully saturated rings. The van der Waals surface area contributed by atoms with Crippen molar-refractivity contribution in [2.24, 2.45) is 34.5 Å². The minimum absolute atomic E-state index is 0.453. The molecule has 3 N–H and O–H groups in total. The van der Waals surface area contributed by atoms with Gasteiger partial charge in [-0.15, -0.1) is 0 Å². The Kier molecular flexibility index (Phi) is 3.05. The van der Waals surface area contributed by atoms with Gasteiger partial charge in [0, 0.05) is 30.2 Å². The lowest BCUT2D eigenvalue weighted by Gasteiger charge is -2.69. The second-order valence-electron chi connectivity index (χ2n) is 11.2. The van der Waals surface area contributed by atoms with Crippen LogP contribution in [0.1, 0.15) is 40.5 Å². The molecule has 8 atom stereocenters. The van der Waals surface area contributed by atoms with Crippen LogP contribution in [0, 0.1) is 34.5 Å². The Bertz CT molecular complexity index is 538. The zero-order valence-electron chi connectivity index (χ0n) is 16.4. The molecule has 6 aliphatic rings. The predicted molar refractivity (Wildman–Crippen MR) is 100 cm³/mol. The van der Waals surface area contributed by atoms with E-state index >= 15 is 0 Å². The molecule has 8 unspecified atom stereocenters. The zero-order valence-corrected chi connectivity index (χ0v) is 16.4. The van der Waals surface area contributed by atoms with E-state index in [9.17, 15) is 0 Å². The summed E-state index contributed by atoms with van der Waals surface area (Å²) in [5, 5.41) is 11.9. The van der Waals surface area contributed by atoms with E-state index in [1.54, 1.807) is 0 Å². The lowest BCUT2D eigenvalue weighted by molar-refractivity contribution is -0.196. The van der Waals surface area contributed by atoms with Crippen LogP contribution in [0.4, 0.5) is 0 Å². The summed E-state index contributed by atoms with van der Waals surface area (Å²) in [6, 6.07) is 3.68. The Hall–Kier alpha value is -0.160. The average molecular weight is 345 g/mol. The second kappa shape index (κ2) is 4.81. The normalized spacial score (nSPS) is 57.8. The standard InChI is InChI=1S/C21H36N4/c1-20(2)11-5-7-23-15-16-19-12(6-8-24-16)21(3,4)14-10-22-9-13(20)17(14)25(19)18(11)15/h11-19,22-24H,5-10H2,1-4H3. The highest BCUT2D eigenvalue weighted by Crippen LogP contribution is 2.63. The first-order valence-electron chi connectivity index (χ1n) is 10.9. The highest BCUT2D eigenvalue weighted by atomic mass is 15.4. The summed E-state index contributed by atoms with van der Waals surface area (Å²) in [6.07, 6.45) is 2.73. The Morgan fingerprint density at radius 2 is 1.16 bits per heavy atom. The van der Waals surface area contributed by atoms with Crippen LogP contribution in [-0.2, 0) is 0 Å². The van der Waals surface area contributed by atoms with Gasteiger partial charge in [-0.1, -0.05) is 27.7 Å². The fourth-order valence-corrected chi connectivity index (χ4v) is 8.87. The fourth-order valence-electron chi connectivity index (χ4n) is 8.87. The third-order valence-corrected chi connectivity index (χ3v) is 10.0. The Morgan fingerprint density at radius 3 is 1.64 bits per heavy atom. The van der Waals surface area contributed by atoms with Gasteiger partial charge in [-0.05, 0) is 73.5 Å². The van der Waals surface area contributed by atoms with Crippen LogP contribution < -0.4 is 16.0 Å². The van der Waals surface area contributed by atoms with Gasteiger partial charge in [0.05, 0.1) is 0 Å². The molecule has 0 aliphatic carbocycles. The SMILES string of the molecule is CC1(C)C2CCNC3C4NCCC5C4N(C32)C2C1CNCC2C5(C)C. The number of rotatable bonds is 0. The van der Waals surface area contributed by atoms with Crippen molar-refractivity contribution in [3.05, 3.63) is 0 Å². The van der Waals surface area contributed by atoms with E-state index in [1.807, 2.05) is 0 Å². The van der Waals surface area contributed by atoms with Crippen molar-refractivity contribution in [1.82, 2.24) is 20.9 Å². The summed E-state index contributed by atoms with van der Waals surface area (Å²) in [7, 11) is 0. The van der Waals surface area contributed by atoms with E-state index in [2.05, 4.69) is 48.5 Å². The van der Waals surface area contributed by atoms with Gasteiger partial charge in [0.2, 0.25) is 0 Å². The van der Waals surface area contributed by atoms with E-state index in [0.29, 0.717) is 22.9 Å². The van der Waals surface area contributed by atoms with Crippen LogP contribution in [0.2, 0.25) is 0 Å². The van der Waals surface area contributed by atoms with Crippen LogP contribution in [0.15, 0.2) is 0 Å². The fraction of sp³-hybridized carbons (Fsp3) is 1.00. The van der Waals surface area contributed by atoms with E-state index in [-0.39, 0.29) is 0 Å². The molecule has 140 valence electrons. The van der Waals surface area contributed by atoms with Crippen molar-refractivity contribution in [2.45, 2.75) is 70.7 Å². The van der Waals surface area contributed by atoms with Gasteiger partial charge in [-0.3, -0.25) is 4.90 Å². The molecule has 6 aliphatic heterocycles. The lowest BCUT2D eigenvalue weighted by atomic mass is 9.50. The van der Waals surface area contributed by atoms with E-state index in [1.165, 1.54) is 39.0 Å². The van der Waals surface area contributed by atoms with Gasteiger partial charge in [0.15, 0.2) is 0 Å². The quantitative estimate of drug-likeness (QED) is 0.619.